The van der Waals surface area contributed by atoms with E-state index in [9.17, 15) is 9.90 Å². The summed E-state index contributed by atoms with van der Waals surface area (Å²) in [5.74, 6) is 2.34. The molecule has 0 bridgehead atoms. The number of Topliss-reactive ketones (excluding diaryl/α,β-unsaturated/α-hetero) is 1. The van der Waals surface area contributed by atoms with Crippen LogP contribution in [-0.4, -0.2) is 28.3 Å². The summed E-state index contributed by atoms with van der Waals surface area (Å²) in [4.78, 5) is 16.8. The molecule has 1 N–H and O–H groups in total. The molecule has 184 valence electrons. The fraction of sp³-hybridized carbons (Fsp3) is 0.500. The number of aryl methyl sites for hydroxylation is 1. The number of hydrogen-bond acceptors (Lipinski definition) is 5. The first-order chi connectivity index (χ1) is 16.0. The van der Waals surface area contributed by atoms with Gasteiger partial charge in [0, 0.05) is 17.0 Å². The fourth-order valence-electron chi connectivity index (χ4n) is 4.00. The molecule has 0 saturated heterocycles. The molecule has 1 aromatic heterocycles. The van der Waals surface area contributed by atoms with Crippen molar-refractivity contribution in [1.82, 2.24) is 4.98 Å². The third-order valence-corrected chi connectivity index (χ3v) is 6.90. The largest absolute Gasteiger partial charge is 0.451 e. The van der Waals surface area contributed by atoms with Gasteiger partial charge in [0.2, 0.25) is 6.79 Å². The molecular weight excluding hydrogens is 450 g/mol. The molecule has 34 heavy (non-hydrogen) atoms. The molecule has 1 aliphatic heterocycles. The molecular formula is C28H36ClNO4. The number of nitrogens with zero attached hydrogens (tertiary/aromatic N) is 1. The van der Waals surface area contributed by atoms with E-state index in [-0.39, 0.29) is 18.5 Å². The first kappa shape index (κ1) is 26.2. The number of rotatable bonds is 7. The zero-order valence-electron chi connectivity index (χ0n) is 21.0. The van der Waals surface area contributed by atoms with Crippen LogP contribution in [0.5, 0.6) is 11.6 Å². The smallest absolute Gasteiger partial charge is 0.260 e. The number of pyridine rings is 1. The molecule has 2 heterocycles. The Balaban J connectivity index is 0.000000302. The van der Waals surface area contributed by atoms with Gasteiger partial charge in [-0.15, -0.1) is 0 Å². The molecule has 6 heteroatoms. The number of fused-ring (bicyclic) bond motifs is 1. The minimum atomic E-state index is -0.457. The van der Waals surface area contributed by atoms with Gasteiger partial charge in [0.25, 0.3) is 5.88 Å². The van der Waals surface area contributed by atoms with Crippen LogP contribution in [0.2, 0.25) is 5.02 Å². The molecule has 2 aromatic rings. The van der Waals surface area contributed by atoms with E-state index in [4.69, 9.17) is 21.1 Å². The van der Waals surface area contributed by atoms with Crippen LogP contribution in [0.3, 0.4) is 0 Å². The Labute approximate surface area is 208 Å². The van der Waals surface area contributed by atoms with Gasteiger partial charge in [-0.25, -0.2) is 4.98 Å². The van der Waals surface area contributed by atoms with Gasteiger partial charge in [0.05, 0.1) is 16.8 Å². The predicted octanol–water partition coefficient (Wildman–Crippen LogP) is 6.84. The van der Waals surface area contributed by atoms with Crippen molar-refractivity contribution < 1.29 is 19.4 Å². The highest BCUT2D eigenvalue weighted by atomic mass is 35.5. The summed E-state index contributed by atoms with van der Waals surface area (Å²) in [5.41, 5.74) is 2.94. The van der Waals surface area contributed by atoms with Gasteiger partial charge in [0.1, 0.15) is 0 Å². The second-order valence-corrected chi connectivity index (χ2v) is 10.3. The summed E-state index contributed by atoms with van der Waals surface area (Å²) in [5, 5.41) is 9.97. The maximum atomic E-state index is 12.7. The van der Waals surface area contributed by atoms with E-state index in [0.717, 1.165) is 29.0 Å². The maximum Gasteiger partial charge on any atom is 0.260 e. The molecule has 5 nitrogen and oxygen atoms in total. The first-order valence-electron chi connectivity index (χ1n) is 12.0. The van der Waals surface area contributed by atoms with E-state index < -0.39 is 5.60 Å². The van der Waals surface area contributed by atoms with Crippen LogP contribution in [0.25, 0.3) is 12.2 Å². The Bertz CT molecular complexity index is 1050. The molecule has 0 amide bonds. The van der Waals surface area contributed by atoms with Gasteiger partial charge in [-0.3, -0.25) is 4.79 Å². The van der Waals surface area contributed by atoms with Crippen molar-refractivity contribution in [3.63, 3.8) is 0 Å². The van der Waals surface area contributed by atoms with Crippen molar-refractivity contribution in [3.05, 3.63) is 51.7 Å². The molecule has 0 radical (unpaired) electrons. The van der Waals surface area contributed by atoms with E-state index >= 15 is 0 Å². The highest BCUT2D eigenvalue weighted by Gasteiger charge is 2.36. The number of aliphatic hydroxyl groups is 1. The van der Waals surface area contributed by atoms with Gasteiger partial charge in [0.15, 0.2) is 11.5 Å². The molecule has 1 fully saturated rings. The van der Waals surface area contributed by atoms with Crippen molar-refractivity contribution in [2.24, 2.45) is 17.8 Å². The SMILES string of the molecule is CC(C1CC1)C(C)(C)O.CCc1cccc(/C=C/c2c(Cl)cnc3c2OCO3)c1C(=O)C(C)C. The predicted molar refractivity (Wildman–Crippen MR) is 137 cm³/mol. The Morgan fingerprint density at radius 2 is 1.94 bits per heavy atom. The van der Waals surface area contributed by atoms with Crippen LogP contribution in [0, 0.1) is 17.8 Å². The topological polar surface area (TPSA) is 68.7 Å². The third-order valence-electron chi connectivity index (χ3n) is 6.60. The Morgan fingerprint density at radius 3 is 2.50 bits per heavy atom. The summed E-state index contributed by atoms with van der Waals surface area (Å²) in [7, 11) is 0. The van der Waals surface area contributed by atoms with E-state index in [1.165, 1.54) is 19.0 Å². The highest BCUT2D eigenvalue weighted by molar-refractivity contribution is 6.32. The molecule has 1 atom stereocenters. The molecule has 1 unspecified atom stereocenters. The second kappa shape index (κ2) is 10.9. The summed E-state index contributed by atoms with van der Waals surface area (Å²) < 4.78 is 10.8. The highest BCUT2D eigenvalue weighted by Crippen LogP contribution is 2.41. The van der Waals surface area contributed by atoms with Crippen LogP contribution in [0.1, 0.15) is 81.4 Å². The van der Waals surface area contributed by atoms with Crippen LogP contribution in [0.4, 0.5) is 0 Å². The van der Waals surface area contributed by atoms with Gasteiger partial charge < -0.3 is 14.6 Å². The molecule has 1 aromatic carbocycles. The van der Waals surface area contributed by atoms with Crippen molar-refractivity contribution in [2.75, 3.05) is 6.79 Å². The van der Waals surface area contributed by atoms with E-state index in [2.05, 4.69) is 18.8 Å². The van der Waals surface area contributed by atoms with E-state index in [1.807, 2.05) is 58.0 Å². The minimum Gasteiger partial charge on any atom is -0.451 e. The van der Waals surface area contributed by atoms with Crippen LogP contribution < -0.4 is 9.47 Å². The van der Waals surface area contributed by atoms with Crippen molar-refractivity contribution in [3.8, 4) is 11.6 Å². The summed E-state index contributed by atoms with van der Waals surface area (Å²) in [6, 6.07) is 5.91. The number of ether oxygens (including phenoxy) is 2. The number of carbonyl (C=O) groups is 1. The van der Waals surface area contributed by atoms with E-state index in [1.54, 1.807) is 0 Å². The fourth-order valence-corrected chi connectivity index (χ4v) is 4.20. The lowest BCUT2D eigenvalue weighted by Gasteiger charge is -2.25. The number of hydrogen-bond donors (Lipinski definition) is 1. The summed E-state index contributed by atoms with van der Waals surface area (Å²) >= 11 is 6.27. The van der Waals surface area contributed by atoms with Gasteiger partial charge in [-0.05, 0) is 62.1 Å². The average molecular weight is 486 g/mol. The van der Waals surface area contributed by atoms with Crippen LogP contribution >= 0.6 is 11.6 Å². The van der Waals surface area contributed by atoms with Gasteiger partial charge in [-0.1, -0.05) is 63.6 Å². The number of benzene rings is 1. The zero-order chi connectivity index (χ0) is 25.0. The lowest BCUT2D eigenvalue weighted by Crippen LogP contribution is -2.29. The number of halogens is 1. The monoisotopic (exact) mass is 485 g/mol. The molecule has 0 spiro atoms. The van der Waals surface area contributed by atoms with E-state index in [0.29, 0.717) is 28.1 Å². The normalized spacial score (nSPS) is 15.9. The Hall–Kier alpha value is -2.37. The standard InChI is InChI=1S/C20H20ClNO3.C8H16O/c1-4-13-6-5-7-14(17(13)18(23)12(2)3)8-9-15-16(21)10-22-20-19(15)24-11-25-20;1-6(7-4-5-7)8(2,3)9/h5-10,12H,4,11H2,1-3H3;6-7,9H,4-5H2,1-3H3/b9-8+;. The lowest BCUT2D eigenvalue weighted by atomic mass is 9.89. The average Bonchev–Trinajstić information content (AvgIpc) is 3.53. The third kappa shape index (κ3) is 6.19. The molecule has 1 aliphatic carbocycles. The second-order valence-electron chi connectivity index (χ2n) is 9.93. The number of aromatic nitrogens is 1. The quantitative estimate of drug-likeness (QED) is 0.435. The number of carbonyl (C=O) groups excluding carboxylic acids is 1. The van der Waals surface area contributed by atoms with Crippen molar-refractivity contribution in [2.45, 2.75) is 66.4 Å². The molecule has 1 saturated carbocycles. The minimum absolute atomic E-state index is 0.0645. The summed E-state index contributed by atoms with van der Waals surface area (Å²) in [6.45, 7) is 12.0. The molecule has 4 rings (SSSR count). The summed E-state index contributed by atoms with van der Waals surface area (Å²) in [6.07, 6.45) is 8.74. The Kier molecular flexibility index (Phi) is 8.43. The maximum absolute atomic E-state index is 12.7. The lowest BCUT2D eigenvalue weighted by molar-refractivity contribution is 0.0155. The van der Waals surface area contributed by atoms with Crippen molar-refractivity contribution >= 4 is 29.5 Å². The van der Waals surface area contributed by atoms with Crippen molar-refractivity contribution in [1.29, 1.82) is 0 Å². The van der Waals surface area contributed by atoms with Crippen LogP contribution in [-0.2, 0) is 6.42 Å². The number of ketones is 1. The molecule has 2 aliphatic rings. The Morgan fingerprint density at radius 1 is 1.24 bits per heavy atom. The zero-order valence-corrected chi connectivity index (χ0v) is 21.8. The van der Waals surface area contributed by atoms with Gasteiger partial charge in [-0.2, -0.15) is 0 Å². The first-order valence-corrected chi connectivity index (χ1v) is 12.4. The van der Waals surface area contributed by atoms with Crippen LogP contribution in [0.15, 0.2) is 24.4 Å². The van der Waals surface area contributed by atoms with Gasteiger partial charge >= 0.3 is 0 Å².